The van der Waals surface area contributed by atoms with Crippen molar-refractivity contribution < 1.29 is 9.18 Å². The van der Waals surface area contributed by atoms with Crippen molar-refractivity contribution in [2.24, 2.45) is 5.18 Å². The molecule has 0 aliphatic heterocycles. The smallest absolute Gasteiger partial charge is 0.230 e. The number of rotatable bonds is 6. The van der Waals surface area contributed by atoms with Gasteiger partial charge in [-0.3, -0.25) is 14.9 Å². The minimum absolute atomic E-state index is 0.0252. The predicted octanol–water partition coefficient (Wildman–Crippen LogP) is 4.86. The lowest BCUT2D eigenvalue weighted by atomic mass is 10.0. The summed E-state index contributed by atoms with van der Waals surface area (Å²) in [6, 6.07) is 16.2. The van der Waals surface area contributed by atoms with Crippen LogP contribution in [0.3, 0.4) is 0 Å². The second-order valence-corrected chi connectivity index (χ2v) is 6.51. The Balaban J connectivity index is 1.69. The Morgan fingerprint density at radius 1 is 1.00 bits per heavy atom. The zero-order chi connectivity index (χ0) is 20.9. The summed E-state index contributed by atoms with van der Waals surface area (Å²) in [6.45, 7) is 0. The molecule has 4 aromatic rings. The van der Waals surface area contributed by atoms with Gasteiger partial charge in [-0.2, -0.15) is 5.10 Å². The van der Waals surface area contributed by atoms with Crippen LogP contribution in [0.25, 0.3) is 22.4 Å². The third-order valence-electron chi connectivity index (χ3n) is 4.56. The number of nitrogens with one attached hydrogen (secondary N) is 2. The monoisotopic (exact) mass is 401 g/mol. The van der Waals surface area contributed by atoms with Gasteiger partial charge in [-0.05, 0) is 58.8 Å². The van der Waals surface area contributed by atoms with Gasteiger partial charge in [0.2, 0.25) is 5.91 Å². The van der Waals surface area contributed by atoms with Gasteiger partial charge in [-0.1, -0.05) is 18.2 Å². The Labute approximate surface area is 171 Å². The van der Waals surface area contributed by atoms with Crippen LogP contribution in [-0.2, 0) is 11.2 Å². The van der Waals surface area contributed by atoms with Gasteiger partial charge in [0.15, 0.2) is 0 Å². The average Bonchev–Trinajstić information content (AvgIpc) is 3.18. The van der Waals surface area contributed by atoms with Gasteiger partial charge in [0.05, 0.1) is 12.0 Å². The van der Waals surface area contributed by atoms with Crippen LogP contribution in [0.5, 0.6) is 0 Å². The van der Waals surface area contributed by atoms with Crippen molar-refractivity contribution >= 4 is 17.4 Å². The van der Waals surface area contributed by atoms with Gasteiger partial charge in [0.25, 0.3) is 0 Å². The Morgan fingerprint density at radius 3 is 2.47 bits per heavy atom. The molecule has 0 fully saturated rings. The SMILES string of the molecule is O=Nc1ccccc1CC(=O)Nc1[nH]nc(-c2ccc(F)cc2)c1-c1ccncc1. The first-order valence-electron chi connectivity index (χ1n) is 9.11. The third kappa shape index (κ3) is 3.97. The quantitative estimate of drug-likeness (QED) is 0.451. The van der Waals surface area contributed by atoms with Crippen LogP contribution in [0, 0.1) is 10.7 Å². The second kappa shape index (κ2) is 8.44. The summed E-state index contributed by atoms with van der Waals surface area (Å²) in [5.74, 6) is -0.298. The van der Waals surface area contributed by atoms with E-state index in [1.165, 1.54) is 12.1 Å². The molecule has 0 atom stereocenters. The number of hydrogen-bond acceptors (Lipinski definition) is 5. The summed E-state index contributed by atoms with van der Waals surface area (Å²) >= 11 is 0. The molecule has 2 aromatic carbocycles. The maximum atomic E-state index is 13.3. The molecule has 0 aliphatic rings. The van der Waals surface area contributed by atoms with Crippen LogP contribution >= 0.6 is 0 Å². The Hall–Kier alpha value is -4.20. The van der Waals surface area contributed by atoms with Crippen molar-refractivity contribution in [1.29, 1.82) is 0 Å². The molecule has 0 radical (unpaired) electrons. The molecule has 7 nitrogen and oxygen atoms in total. The zero-order valence-electron chi connectivity index (χ0n) is 15.7. The minimum Gasteiger partial charge on any atom is -0.310 e. The van der Waals surface area contributed by atoms with E-state index in [0.717, 1.165) is 5.56 Å². The summed E-state index contributed by atoms with van der Waals surface area (Å²) in [4.78, 5) is 27.6. The third-order valence-corrected chi connectivity index (χ3v) is 4.56. The molecule has 8 heteroatoms. The van der Waals surface area contributed by atoms with Crippen LogP contribution in [-0.4, -0.2) is 21.1 Å². The highest BCUT2D eigenvalue weighted by molar-refractivity contribution is 5.99. The summed E-state index contributed by atoms with van der Waals surface area (Å²) in [5, 5.41) is 13.0. The molecule has 30 heavy (non-hydrogen) atoms. The standard InChI is InChI=1S/C22H16FN5O2/c23-17-7-5-15(6-8-17)21-20(14-9-11-24-12-10-14)22(27-26-21)25-19(29)13-16-3-1-2-4-18(16)28-30/h1-12H,13H2,(H2,25,26,27,29). The van der Waals surface area contributed by atoms with E-state index in [2.05, 4.69) is 25.7 Å². The number of aromatic nitrogens is 3. The number of amides is 1. The Bertz CT molecular complexity index is 1190. The molecule has 0 saturated heterocycles. The molecule has 0 bridgehead atoms. The molecule has 2 heterocycles. The molecule has 0 unspecified atom stereocenters. The maximum absolute atomic E-state index is 13.3. The van der Waals surface area contributed by atoms with Crippen molar-refractivity contribution in [3.63, 3.8) is 0 Å². The fourth-order valence-corrected chi connectivity index (χ4v) is 3.15. The number of anilines is 1. The van der Waals surface area contributed by atoms with Gasteiger partial charge >= 0.3 is 0 Å². The topological polar surface area (TPSA) is 100 Å². The molecule has 1 amide bonds. The van der Waals surface area contributed by atoms with Crippen molar-refractivity contribution in [3.05, 3.63) is 89.3 Å². The molecule has 4 rings (SSSR count). The van der Waals surface area contributed by atoms with E-state index in [1.54, 1.807) is 60.9 Å². The van der Waals surface area contributed by atoms with Crippen LogP contribution in [0.15, 0.2) is 78.2 Å². The number of H-pyrrole nitrogens is 1. The van der Waals surface area contributed by atoms with Crippen LogP contribution in [0.2, 0.25) is 0 Å². The van der Waals surface area contributed by atoms with Gasteiger partial charge in [0, 0.05) is 18.0 Å². The predicted molar refractivity (Wildman–Crippen MR) is 111 cm³/mol. The number of carbonyl (C=O) groups is 1. The van der Waals surface area contributed by atoms with E-state index >= 15 is 0 Å². The molecule has 148 valence electrons. The van der Waals surface area contributed by atoms with Crippen LogP contribution in [0.1, 0.15) is 5.56 Å². The van der Waals surface area contributed by atoms with Crippen molar-refractivity contribution in [2.75, 3.05) is 5.32 Å². The summed E-state index contributed by atoms with van der Waals surface area (Å²) in [5.41, 5.74) is 3.43. The fraction of sp³-hybridized carbons (Fsp3) is 0.0455. The minimum atomic E-state index is -0.351. The van der Waals surface area contributed by atoms with E-state index in [4.69, 9.17) is 0 Å². The first-order valence-corrected chi connectivity index (χ1v) is 9.11. The largest absolute Gasteiger partial charge is 0.310 e. The summed E-state index contributed by atoms with van der Waals surface area (Å²) in [6.07, 6.45) is 3.24. The van der Waals surface area contributed by atoms with Gasteiger partial charge < -0.3 is 5.32 Å². The lowest BCUT2D eigenvalue weighted by Crippen LogP contribution is -2.15. The number of aromatic amines is 1. The number of pyridine rings is 1. The number of nitroso groups, excluding NO2 is 1. The number of nitrogens with zero attached hydrogens (tertiary/aromatic N) is 3. The van der Waals surface area contributed by atoms with Crippen molar-refractivity contribution in [2.45, 2.75) is 6.42 Å². The van der Waals surface area contributed by atoms with E-state index in [-0.39, 0.29) is 23.8 Å². The first-order chi connectivity index (χ1) is 14.7. The maximum Gasteiger partial charge on any atom is 0.230 e. The lowest BCUT2D eigenvalue weighted by Gasteiger charge is -2.09. The van der Waals surface area contributed by atoms with E-state index in [0.29, 0.717) is 28.2 Å². The number of carbonyl (C=O) groups excluding carboxylic acids is 1. The summed E-state index contributed by atoms with van der Waals surface area (Å²) < 4.78 is 13.3. The van der Waals surface area contributed by atoms with E-state index in [1.807, 2.05) is 0 Å². The van der Waals surface area contributed by atoms with E-state index < -0.39 is 0 Å². The number of hydrogen-bond donors (Lipinski definition) is 2. The molecule has 0 aliphatic carbocycles. The number of benzene rings is 2. The van der Waals surface area contributed by atoms with Crippen molar-refractivity contribution in [1.82, 2.24) is 15.2 Å². The highest BCUT2D eigenvalue weighted by Crippen LogP contribution is 2.36. The highest BCUT2D eigenvalue weighted by atomic mass is 19.1. The normalized spacial score (nSPS) is 10.6. The Morgan fingerprint density at radius 2 is 1.73 bits per heavy atom. The number of halogens is 1. The zero-order valence-corrected chi connectivity index (χ0v) is 15.7. The van der Waals surface area contributed by atoms with Gasteiger partial charge in [-0.25, -0.2) is 4.39 Å². The molecule has 0 saturated carbocycles. The molecule has 2 aromatic heterocycles. The van der Waals surface area contributed by atoms with Crippen LogP contribution in [0.4, 0.5) is 15.9 Å². The fourth-order valence-electron chi connectivity index (χ4n) is 3.15. The summed E-state index contributed by atoms with van der Waals surface area (Å²) in [7, 11) is 0. The molecule has 0 spiro atoms. The first kappa shape index (κ1) is 19.1. The average molecular weight is 401 g/mol. The Kier molecular flexibility index (Phi) is 5.38. The van der Waals surface area contributed by atoms with Gasteiger partial charge in [-0.15, -0.1) is 4.91 Å². The highest BCUT2D eigenvalue weighted by Gasteiger charge is 2.19. The molecule has 2 N–H and O–H groups in total. The van der Waals surface area contributed by atoms with Crippen molar-refractivity contribution in [3.8, 4) is 22.4 Å². The molecular weight excluding hydrogens is 385 g/mol. The lowest BCUT2D eigenvalue weighted by molar-refractivity contribution is -0.115. The second-order valence-electron chi connectivity index (χ2n) is 6.51. The van der Waals surface area contributed by atoms with Crippen LogP contribution < -0.4 is 5.32 Å². The molecular formula is C22H16FN5O2. The van der Waals surface area contributed by atoms with Gasteiger partial charge in [0.1, 0.15) is 23.0 Å². The van der Waals surface area contributed by atoms with E-state index in [9.17, 15) is 14.1 Å².